The lowest BCUT2D eigenvalue weighted by Gasteiger charge is -2.30. The topological polar surface area (TPSA) is 3.24 Å². The van der Waals surface area contributed by atoms with Crippen molar-refractivity contribution in [3.63, 3.8) is 0 Å². The Balaban J connectivity index is 1.17. The molecule has 0 atom stereocenters. The van der Waals surface area contributed by atoms with E-state index in [1.165, 1.54) is 44.2 Å². The molecule has 2 heteroatoms. The van der Waals surface area contributed by atoms with Crippen LogP contribution in [-0.2, 0) is 5.41 Å². The number of rotatable bonds is 6. The van der Waals surface area contributed by atoms with Crippen molar-refractivity contribution in [1.82, 2.24) is 0 Å². The van der Waals surface area contributed by atoms with Crippen LogP contribution in [0.3, 0.4) is 0 Å². The maximum absolute atomic E-state index is 14.1. The molecule has 0 N–H and O–H groups in total. The summed E-state index contributed by atoms with van der Waals surface area (Å²) in [6.45, 7) is 4.68. The van der Waals surface area contributed by atoms with Crippen LogP contribution in [0, 0.1) is 5.82 Å². The first-order valence-corrected chi connectivity index (χ1v) is 18.9. The molecule has 1 aliphatic carbocycles. The van der Waals surface area contributed by atoms with E-state index in [4.69, 9.17) is 0 Å². The summed E-state index contributed by atoms with van der Waals surface area (Å²) >= 11 is 0. The maximum atomic E-state index is 14.1. The molecular formula is C53H38FN. The highest BCUT2D eigenvalue weighted by Gasteiger charge is 2.36. The van der Waals surface area contributed by atoms with Crippen molar-refractivity contribution in [1.29, 1.82) is 0 Å². The molecule has 9 aromatic rings. The van der Waals surface area contributed by atoms with Crippen molar-refractivity contribution in [3.8, 4) is 44.5 Å². The fraction of sp³-hybridized carbons (Fsp3) is 0.0566. The molecule has 1 nitrogen and oxygen atoms in total. The number of fused-ring (bicyclic) bond motifs is 5. The van der Waals surface area contributed by atoms with Gasteiger partial charge in [0.15, 0.2) is 0 Å². The van der Waals surface area contributed by atoms with Crippen molar-refractivity contribution in [2.45, 2.75) is 19.3 Å². The minimum Gasteiger partial charge on any atom is -0.310 e. The Morgan fingerprint density at radius 2 is 0.964 bits per heavy atom. The maximum Gasteiger partial charge on any atom is 0.123 e. The number of hydrogen-bond donors (Lipinski definition) is 0. The van der Waals surface area contributed by atoms with E-state index in [-0.39, 0.29) is 11.2 Å². The zero-order valence-corrected chi connectivity index (χ0v) is 30.8. The summed E-state index contributed by atoms with van der Waals surface area (Å²) in [6, 6.07) is 68.5. The monoisotopic (exact) mass is 707 g/mol. The van der Waals surface area contributed by atoms with Gasteiger partial charge in [-0.3, -0.25) is 0 Å². The van der Waals surface area contributed by atoms with Crippen molar-refractivity contribution in [2.24, 2.45) is 0 Å². The predicted molar refractivity (Wildman–Crippen MR) is 230 cm³/mol. The van der Waals surface area contributed by atoms with Gasteiger partial charge < -0.3 is 4.90 Å². The summed E-state index contributed by atoms with van der Waals surface area (Å²) in [4.78, 5) is 2.41. The van der Waals surface area contributed by atoms with E-state index in [1.807, 2.05) is 12.1 Å². The fourth-order valence-corrected chi connectivity index (χ4v) is 8.76. The van der Waals surface area contributed by atoms with E-state index in [0.29, 0.717) is 0 Å². The molecular weight excluding hydrogens is 670 g/mol. The highest BCUT2D eigenvalue weighted by Crippen LogP contribution is 2.51. The van der Waals surface area contributed by atoms with Crippen molar-refractivity contribution >= 4 is 38.6 Å². The first-order chi connectivity index (χ1) is 26.9. The van der Waals surface area contributed by atoms with Gasteiger partial charge in [0.25, 0.3) is 0 Å². The average Bonchev–Trinajstić information content (AvgIpc) is 3.46. The van der Waals surface area contributed by atoms with E-state index in [1.54, 1.807) is 12.1 Å². The number of halogens is 1. The molecule has 0 heterocycles. The van der Waals surface area contributed by atoms with Gasteiger partial charge in [-0.05, 0) is 120 Å². The number of benzene rings is 9. The Labute approximate surface area is 321 Å². The summed E-state index contributed by atoms with van der Waals surface area (Å²) in [5.74, 6) is -0.238. The highest BCUT2D eigenvalue weighted by atomic mass is 19.1. The van der Waals surface area contributed by atoms with Crippen LogP contribution in [0.4, 0.5) is 21.5 Å². The van der Waals surface area contributed by atoms with E-state index in [9.17, 15) is 4.39 Å². The average molecular weight is 708 g/mol. The molecule has 0 spiro atoms. The number of anilines is 3. The summed E-state index contributed by atoms with van der Waals surface area (Å²) in [6.07, 6.45) is 0. The largest absolute Gasteiger partial charge is 0.310 e. The normalized spacial score (nSPS) is 12.8. The summed E-state index contributed by atoms with van der Waals surface area (Å²) < 4.78 is 14.1. The quantitative estimate of drug-likeness (QED) is 0.166. The van der Waals surface area contributed by atoms with Gasteiger partial charge >= 0.3 is 0 Å². The van der Waals surface area contributed by atoms with Crippen LogP contribution in [-0.4, -0.2) is 0 Å². The Kier molecular flexibility index (Phi) is 7.74. The molecule has 0 fully saturated rings. The zero-order chi connectivity index (χ0) is 37.1. The second-order valence-corrected chi connectivity index (χ2v) is 15.1. The van der Waals surface area contributed by atoms with E-state index >= 15 is 0 Å². The minimum absolute atomic E-state index is 0.146. The SMILES string of the molecule is CC1(C)c2ccccc2-c2ccc(N(c3ccc(-c4ccc5ccccc5c4)cc3)c3ccccc3-c3cccc4cccc(-c5ccc(F)cc5)c34)cc21. The molecule has 0 aliphatic heterocycles. The molecule has 1 aliphatic rings. The third-order valence-corrected chi connectivity index (χ3v) is 11.5. The van der Waals surface area contributed by atoms with Gasteiger partial charge in [0.2, 0.25) is 0 Å². The lowest BCUT2D eigenvalue weighted by Crippen LogP contribution is -2.16. The second kappa shape index (κ2) is 13.0. The molecule has 55 heavy (non-hydrogen) atoms. The van der Waals surface area contributed by atoms with Crippen molar-refractivity contribution in [2.75, 3.05) is 4.90 Å². The summed E-state index contributed by atoms with van der Waals surface area (Å²) in [5.41, 5.74) is 15.1. The van der Waals surface area contributed by atoms with Crippen LogP contribution in [0.5, 0.6) is 0 Å². The minimum atomic E-state index is -0.238. The van der Waals surface area contributed by atoms with E-state index < -0.39 is 0 Å². The molecule has 0 amide bonds. The van der Waals surface area contributed by atoms with Crippen LogP contribution in [0.25, 0.3) is 66.1 Å². The molecule has 0 saturated heterocycles. The Bertz CT molecular complexity index is 2900. The third kappa shape index (κ3) is 5.53. The Morgan fingerprint density at radius 1 is 0.382 bits per heavy atom. The molecule has 9 aromatic carbocycles. The van der Waals surface area contributed by atoms with Gasteiger partial charge in [-0.25, -0.2) is 4.39 Å². The molecule has 262 valence electrons. The highest BCUT2D eigenvalue weighted by molar-refractivity contribution is 6.09. The van der Waals surface area contributed by atoms with Gasteiger partial charge in [-0.1, -0.05) is 159 Å². The molecule has 0 aromatic heterocycles. The first-order valence-electron chi connectivity index (χ1n) is 18.9. The van der Waals surface area contributed by atoms with Gasteiger partial charge in [-0.15, -0.1) is 0 Å². The summed E-state index contributed by atoms with van der Waals surface area (Å²) in [5, 5.41) is 4.75. The van der Waals surface area contributed by atoms with Crippen LogP contribution < -0.4 is 4.90 Å². The Hall–Kier alpha value is -6.77. The van der Waals surface area contributed by atoms with Crippen LogP contribution in [0.2, 0.25) is 0 Å². The lowest BCUT2D eigenvalue weighted by molar-refractivity contribution is 0.628. The van der Waals surface area contributed by atoms with Crippen LogP contribution in [0.1, 0.15) is 25.0 Å². The molecule has 10 rings (SSSR count). The predicted octanol–water partition coefficient (Wildman–Crippen LogP) is 14.9. The molecule has 0 unspecified atom stereocenters. The molecule has 0 radical (unpaired) electrons. The van der Waals surface area contributed by atoms with Crippen LogP contribution >= 0.6 is 0 Å². The van der Waals surface area contributed by atoms with Crippen molar-refractivity contribution < 1.29 is 4.39 Å². The number of para-hydroxylation sites is 1. The number of nitrogens with zero attached hydrogens (tertiary/aromatic N) is 1. The van der Waals surface area contributed by atoms with Gasteiger partial charge in [0, 0.05) is 22.4 Å². The third-order valence-electron chi connectivity index (χ3n) is 11.5. The first kappa shape index (κ1) is 32.8. The van der Waals surface area contributed by atoms with Gasteiger partial charge in [-0.2, -0.15) is 0 Å². The second-order valence-electron chi connectivity index (χ2n) is 15.1. The summed E-state index contributed by atoms with van der Waals surface area (Å²) in [7, 11) is 0. The number of hydrogen-bond acceptors (Lipinski definition) is 1. The smallest absolute Gasteiger partial charge is 0.123 e. The van der Waals surface area contributed by atoms with Gasteiger partial charge in [0.05, 0.1) is 5.69 Å². The van der Waals surface area contributed by atoms with Gasteiger partial charge in [0.1, 0.15) is 5.82 Å². The standard InChI is InChI=1S/C53H38FN/c1-53(2)49-19-7-5-15-45(49)46-32-31-43(34-50(46)53)55(42-29-25-36(26-30-42)40-22-21-35-11-3-4-12-39(35)33-40)51-20-8-6-16-47(51)48-18-10-14-38-13-9-17-44(52(38)48)37-23-27-41(54)28-24-37/h3-34H,1-2H3. The Morgan fingerprint density at radius 3 is 1.76 bits per heavy atom. The fourth-order valence-electron chi connectivity index (χ4n) is 8.76. The van der Waals surface area contributed by atoms with Crippen LogP contribution in [0.15, 0.2) is 194 Å². The lowest BCUT2D eigenvalue weighted by atomic mass is 9.82. The van der Waals surface area contributed by atoms with E-state index in [0.717, 1.165) is 50.1 Å². The zero-order valence-electron chi connectivity index (χ0n) is 30.8. The van der Waals surface area contributed by atoms with E-state index in [2.05, 4.69) is 189 Å². The van der Waals surface area contributed by atoms with Crippen molar-refractivity contribution in [3.05, 3.63) is 211 Å². The molecule has 0 bridgehead atoms. The molecule has 0 saturated carbocycles.